The van der Waals surface area contributed by atoms with Crippen molar-refractivity contribution >= 4 is 269 Å². The Morgan fingerprint density at radius 1 is 0.564 bits per heavy atom. The minimum atomic E-state index is -1.52. The average molecular weight is 2110 g/mol. The molecule has 0 unspecified atom stereocenters. The van der Waals surface area contributed by atoms with Crippen molar-refractivity contribution in [2.75, 3.05) is 25.6 Å². The van der Waals surface area contributed by atoms with Gasteiger partial charge < -0.3 is 40.6 Å². The minimum Gasteiger partial charge on any atom is -1.00 e. The van der Waals surface area contributed by atoms with Gasteiger partial charge in [0.05, 0.1) is 18.6 Å². The Kier molecular flexibility index (Phi) is 48.4. The molecule has 0 fully saturated rings. The predicted molar refractivity (Wildman–Crippen MR) is 442 cm³/mol. The van der Waals surface area contributed by atoms with Gasteiger partial charge in [-0.3, -0.25) is 14.2 Å². The van der Waals surface area contributed by atoms with Crippen molar-refractivity contribution < 1.29 is 166 Å². The van der Waals surface area contributed by atoms with Gasteiger partial charge in [-0.1, -0.05) is 169 Å². The maximum atomic E-state index is 14.3. The Morgan fingerprint density at radius 2 is 0.941 bits per heavy atom. The predicted octanol–water partition coefficient (Wildman–Crippen LogP) is 18.5. The molecule has 0 bridgehead atoms. The number of furan rings is 1. The van der Waals surface area contributed by atoms with Gasteiger partial charge in [-0.25, -0.2) is 13.2 Å². The number of carbonyl (C=O) groups excluding carboxylic acids is 1. The fourth-order valence-corrected chi connectivity index (χ4v) is 12.2. The number of rotatable bonds is 8. The summed E-state index contributed by atoms with van der Waals surface area (Å²) >= 11 is 37.5. The summed E-state index contributed by atoms with van der Waals surface area (Å²) in [6.45, 7) is 4.65. The van der Waals surface area contributed by atoms with Crippen molar-refractivity contribution in [1.82, 2.24) is 0 Å². The Morgan fingerprint density at radius 3 is 1.43 bits per heavy atom. The number of phenolic OH excluding ortho intramolecular Hbond substituents is 1. The van der Waals surface area contributed by atoms with Crippen LogP contribution in [0.15, 0.2) is 244 Å². The van der Waals surface area contributed by atoms with E-state index >= 15 is 0 Å². The Bertz CT molecular complexity index is 4750. The van der Waals surface area contributed by atoms with Gasteiger partial charge >= 0.3 is 113 Å². The summed E-state index contributed by atoms with van der Waals surface area (Å²) in [5.74, 6) is 0.501. The molecule has 30 heteroatoms. The molecular formula is C71H57B2Br8Cl2F4IK2NO9P. The number of halogens is 15. The largest absolute Gasteiger partial charge is 1.00 e. The molecule has 13 aromatic rings. The number of carbonyl (C=O) groups is 1. The number of nitrogens with zero attached hydrogens (tertiary/aromatic N) is 1. The first-order chi connectivity index (χ1) is 47.0. The molecule has 1 heterocycles. The number of hydrogen-bond donors (Lipinski definition) is 3. The number of benzene rings is 12. The van der Waals surface area contributed by atoms with Gasteiger partial charge in [-0.2, -0.15) is 0 Å². The van der Waals surface area contributed by atoms with E-state index in [1.807, 2.05) is 152 Å². The fraction of sp³-hybridized carbons (Fsp3) is 0.0845. The van der Waals surface area contributed by atoms with Crippen LogP contribution < -0.4 is 123 Å². The van der Waals surface area contributed by atoms with Crippen LogP contribution in [0.5, 0.6) is 17.2 Å². The molecule has 101 heavy (non-hydrogen) atoms. The first kappa shape index (κ1) is 95.7. The summed E-state index contributed by atoms with van der Waals surface area (Å²) < 4.78 is 66.6. The van der Waals surface area contributed by atoms with E-state index in [4.69, 9.17) is 47.1 Å². The Balaban J connectivity index is 0.000000609. The minimum absolute atomic E-state index is 0. The molecule has 0 spiro atoms. The summed E-state index contributed by atoms with van der Waals surface area (Å²) in [4.78, 5) is 11.2. The SMILES string of the molecule is BrB(Br)Br.Brc1ccc2oc3ccc4ccccc4c3c2c1.CCOc1ccc2ccccc2c1-c1cc(Br)ccc1F.CCOc1ccc2ccccc2c1B(O)O.CN=P.ClCCl.F.Fc1cc(Br)c(Br)cc1I.O=CO[O-].Oc1ccc2ccccc2c1-c1cc(Br)ccc1F.[H-].[K+].[K+]. The smallest absolute Gasteiger partial charge is 1.00 e. The number of alkyl halides is 2. The maximum absolute atomic E-state index is 14.3. The number of hydrogen-bond acceptors (Lipinski definition) is 10. The fourth-order valence-electron chi connectivity index (χ4n) is 9.57. The van der Waals surface area contributed by atoms with E-state index in [0.29, 0.717) is 50.4 Å². The molecule has 13 rings (SSSR count). The van der Waals surface area contributed by atoms with Crippen LogP contribution in [0.3, 0.4) is 0 Å². The van der Waals surface area contributed by atoms with Crippen LogP contribution in [0.25, 0.3) is 87.3 Å². The number of ether oxygens (including phenoxy) is 2. The average Bonchev–Trinajstić information content (AvgIpc) is 1.47. The van der Waals surface area contributed by atoms with Gasteiger partial charge in [0, 0.05) is 71.5 Å². The summed E-state index contributed by atoms with van der Waals surface area (Å²) in [6.07, 6.45) is 0. The normalized spacial score (nSPS) is 9.78. The molecule has 0 radical (unpaired) electrons. The van der Waals surface area contributed by atoms with Gasteiger partial charge in [0.25, 0.3) is 6.47 Å². The second-order valence-corrected chi connectivity index (χ2v) is 32.7. The quantitative estimate of drug-likeness (QED) is 0.0155. The maximum Gasteiger partial charge on any atom is 1.00 e. The van der Waals surface area contributed by atoms with Crippen molar-refractivity contribution in [2.45, 2.75) is 13.8 Å². The molecule has 0 aliphatic rings. The monoisotopic (exact) mass is 2100 g/mol. The van der Waals surface area contributed by atoms with E-state index in [0.717, 1.165) is 76.8 Å². The van der Waals surface area contributed by atoms with Crippen LogP contribution in [-0.4, -0.2) is 57.5 Å². The standard InChI is InChI=1S/C18H14BrFO.C16H10BrFO.C16H9BrO.C12H13BO3.C6H2Br2FI.CH2Cl2.CH4NP.CH2O3.BBr3.FH.2K.H/c1-2-21-17-10-7-12-5-3-4-6-14(12)18(17)15-11-13(19)8-9-16(15)20;17-11-6-7-14(18)13(9-11)16-12-4-2-1-3-10(12)5-8-15(16)19;17-11-6-8-14-13(9-11)16-12-4-2-1-3-10(12)5-7-15(16)18-14;1-2-16-11-8-7-9-5-3-4-6-10(9)12(11)13(14)15;7-3-1-5(9)6(10)2-4(3)8;2-1-3;1-2-3;2-1-4-3;2-1(3)4;;;;/h3-11H,2H2,1H3;1-9,19H;1-9H;3-8,14-15H,2H2,1H3;1-2H;1H2;3H,1H3;1,3H;;1H;;;/q;;;;;;;;;;2*+1;-1/p-1. The molecule has 0 amide bonds. The third-order valence-corrected chi connectivity index (χ3v) is 17.5. The molecule has 10 nitrogen and oxygen atoms in total. The summed E-state index contributed by atoms with van der Waals surface area (Å²) in [5.41, 5.74) is 4.57. The van der Waals surface area contributed by atoms with E-state index in [-0.39, 0.29) is 147 Å². The summed E-state index contributed by atoms with van der Waals surface area (Å²) in [5, 5.41) is 48.0. The summed E-state index contributed by atoms with van der Waals surface area (Å²) in [7, 11) is 2.95. The van der Waals surface area contributed by atoms with Crippen LogP contribution in [0.4, 0.5) is 17.9 Å². The molecule has 12 aromatic carbocycles. The Labute approximate surface area is 762 Å². The molecule has 0 saturated carbocycles. The number of aromatic hydroxyl groups is 1. The van der Waals surface area contributed by atoms with E-state index < -0.39 is 7.12 Å². The van der Waals surface area contributed by atoms with Crippen LogP contribution >= 0.6 is 182 Å². The van der Waals surface area contributed by atoms with Crippen molar-refractivity contribution in [3.8, 4) is 39.5 Å². The van der Waals surface area contributed by atoms with E-state index in [1.54, 1.807) is 49.5 Å². The molecule has 1 aromatic heterocycles. The van der Waals surface area contributed by atoms with E-state index in [1.165, 1.54) is 34.4 Å². The van der Waals surface area contributed by atoms with Gasteiger partial charge in [0.2, 0.25) is 0 Å². The van der Waals surface area contributed by atoms with Gasteiger partial charge in [-0.05, 0) is 211 Å². The molecule has 0 saturated heterocycles. The van der Waals surface area contributed by atoms with Crippen molar-refractivity contribution in [3.05, 3.63) is 256 Å². The molecule has 0 aliphatic carbocycles. The summed E-state index contributed by atoms with van der Waals surface area (Å²) in [6, 6.07) is 65.6. The van der Waals surface area contributed by atoms with E-state index in [2.05, 4.69) is 182 Å². The third-order valence-electron chi connectivity index (χ3n) is 13.3. The zero-order chi connectivity index (χ0) is 72.0. The van der Waals surface area contributed by atoms with Crippen molar-refractivity contribution in [3.63, 3.8) is 0 Å². The van der Waals surface area contributed by atoms with Crippen LogP contribution in [0.1, 0.15) is 15.3 Å². The molecule has 0 atom stereocenters. The van der Waals surface area contributed by atoms with Crippen LogP contribution in [0.2, 0.25) is 0 Å². The first-order valence-corrected chi connectivity index (χ1v) is 37.9. The molecular weight excluding hydrogens is 2050 g/mol. The van der Waals surface area contributed by atoms with Crippen LogP contribution in [-0.2, 0) is 9.68 Å². The molecule has 3 N–H and O–H groups in total. The van der Waals surface area contributed by atoms with Crippen LogP contribution in [0, 0.1) is 21.0 Å². The molecule has 518 valence electrons. The topological polar surface area (TPSA) is 154 Å². The number of phenols is 1. The van der Waals surface area contributed by atoms with Gasteiger partial charge in [0.1, 0.15) is 45.9 Å². The second-order valence-electron chi connectivity index (χ2n) is 19.4. The van der Waals surface area contributed by atoms with E-state index in [9.17, 15) is 28.3 Å². The third kappa shape index (κ3) is 29.5. The second kappa shape index (κ2) is 51.1. The van der Waals surface area contributed by atoms with Gasteiger partial charge in [-0.15, -0.1) is 70.5 Å². The molecule has 0 aliphatic heterocycles. The zero-order valence-corrected chi connectivity index (χ0v) is 77.6. The van der Waals surface area contributed by atoms with Crippen molar-refractivity contribution in [2.24, 2.45) is 4.74 Å². The van der Waals surface area contributed by atoms with Crippen molar-refractivity contribution in [1.29, 1.82) is 0 Å². The zero-order valence-electron chi connectivity index (χ0n) is 55.0. The van der Waals surface area contributed by atoms with Gasteiger partial charge in [0.15, 0.2) is 0 Å². The first-order valence-electron chi connectivity index (χ1n) is 28.6. The number of fused-ring (bicyclic) bond motifs is 8. The Hall–Kier alpha value is -1.40.